The average molecular weight is 431 g/mol. The first-order valence-electron chi connectivity index (χ1n) is 12.2. The Labute approximate surface area is 194 Å². The third-order valence-electron chi connectivity index (χ3n) is 6.58. The molecule has 3 rings (SSSR count). The zero-order valence-corrected chi connectivity index (χ0v) is 20.4. The lowest BCUT2D eigenvalue weighted by molar-refractivity contribution is -0.116. The number of allylic oxidation sites excluding steroid dienone is 2. The summed E-state index contributed by atoms with van der Waals surface area (Å²) in [6.07, 6.45) is 5.87. The van der Waals surface area contributed by atoms with Gasteiger partial charge in [-0.05, 0) is 87.1 Å². The van der Waals surface area contributed by atoms with Crippen molar-refractivity contribution in [3.8, 4) is 0 Å². The Morgan fingerprint density at radius 1 is 0.812 bits per heavy atom. The molecule has 2 aromatic rings. The van der Waals surface area contributed by atoms with E-state index in [1.165, 1.54) is 11.4 Å². The summed E-state index contributed by atoms with van der Waals surface area (Å²) in [4.78, 5) is 17.7. The van der Waals surface area contributed by atoms with Crippen molar-refractivity contribution in [2.75, 3.05) is 36.0 Å². The van der Waals surface area contributed by atoms with Crippen LogP contribution in [0.3, 0.4) is 0 Å². The maximum absolute atomic E-state index is 13.0. The number of hydrogen-bond acceptors (Lipinski definition) is 3. The van der Waals surface area contributed by atoms with E-state index >= 15 is 0 Å². The zero-order chi connectivity index (χ0) is 23.1. The predicted octanol–water partition coefficient (Wildman–Crippen LogP) is 6.85. The van der Waals surface area contributed by atoms with Crippen LogP contribution in [0, 0.1) is 5.92 Å². The quantitative estimate of drug-likeness (QED) is 0.428. The monoisotopic (exact) mass is 430 g/mol. The van der Waals surface area contributed by atoms with E-state index in [-0.39, 0.29) is 5.78 Å². The van der Waals surface area contributed by atoms with Gasteiger partial charge in [0.1, 0.15) is 0 Å². The van der Waals surface area contributed by atoms with Gasteiger partial charge in [-0.25, -0.2) is 0 Å². The Hall–Kier alpha value is -2.81. The van der Waals surface area contributed by atoms with Gasteiger partial charge in [0.25, 0.3) is 0 Å². The molecule has 0 bridgehead atoms. The summed E-state index contributed by atoms with van der Waals surface area (Å²) in [6.45, 7) is 14.9. The number of anilines is 2. The highest BCUT2D eigenvalue weighted by Gasteiger charge is 2.26. The fourth-order valence-electron chi connectivity index (χ4n) is 4.59. The molecule has 0 saturated heterocycles. The minimum Gasteiger partial charge on any atom is -0.372 e. The largest absolute Gasteiger partial charge is 0.372 e. The lowest BCUT2D eigenvalue weighted by atomic mass is 9.79. The Bertz CT molecular complexity index is 980. The number of carbonyl (C=O) groups is 1. The van der Waals surface area contributed by atoms with Crippen LogP contribution in [-0.2, 0) is 4.79 Å². The third kappa shape index (κ3) is 5.51. The van der Waals surface area contributed by atoms with Crippen molar-refractivity contribution >= 4 is 29.3 Å². The molecule has 32 heavy (non-hydrogen) atoms. The van der Waals surface area contributed by atoms with E-state index < -0.39 is 0 Å². The molecule has 0 aliphatic heterocycles. The second-order valence-corrected chi connectivity index (χ2v) is 8.56. The average Bonchev–Trinajstić information content (AvgIpc) is 2.81. The second kappa shape index (κ2) is 11.2. The molecule has 2 aromatic carbocycles. The minimum atomic E-state index is 0.252. The number of benzene rings is 2. The Kier molecular flexibility index (Phi) is 8.33. The lowest BCUT2D eigenvalue weighted by Gasteiger charge is -2.25. The number of Topliss-reactive ketones (excluding diaryl/α,β-unsaturated/α-hetero) is 1. The summed E-state index contributed by atoms with van der Waals surface area (Å²) in [6, 6.07) is 17.2. The van der Waals surface area contributed by atoms with Crippen LogP contribution >= 0.6 is 0 Å². The number of hydrogen-bond donors (Lipinski definition) is 0. The molecule has 0 radical (unpaired) electrons. The molecule has 3 heteroatoms. The molecule has 1 unspecified atom stereocenters. The number of carbonyl (C=O) groups excluding carboxylic acids is 1. The molecule has 1 aliphatic rings. The van der Waals surface area contributed by atoms with Crippen LogP contribution in [0.1, 0.15) is 58.6 Å². The van der Waals surface area contributed by atoms with E-state index in [9.17, 15) is 4.79 Å². The van der Waals surface area contributed by atoms with Gasteiger partial charge in [-0.15, -0.1) is 0 Å². The van der Waals surface area contributed by atoms with Gasteiger partial charge in [-0.1, -0.05) is 37.3 Å². The van der Waals surface area contributed by atoms with Gasteiger partial charge in [0.15, 0.2) is 5.78 Å². The molecule has 0 N–H and O–H groups in total. The number of ketones is 1. The summed E-state index contributed by atoms with van der Waals surface area (Å²) in [7, 11) is 0. The van der Waals surface area contributed by atoms with Crippen molar-refractivity contribution in [1.29, 1.82) is 0 Å². The first-order valence-corrected chi connectivity index (χ1v) is 12.2. The lowest BCUT2D eigenvalue weighted by Crippen LogP contribution is -2.22. The second-order valence-electron chi connectivity index (χ2n) is 8.56. The Balaban J connectivity index is 2.02. The first kappa shape index (κ1) is 23.8. The van der Waals surface area contributed by atoms with Crippen LogP contribution < -0.4 is 9.80 Å². The minimum absolute atomic E-state index is 0.252. The highest BCUT2D eigenvalue weighted by atomic mass is 16.1. The van der Waals surface area contributed by atoms with Crippen molar-refractivity contribution in [2.45, 2.75) is 47.5 Å². The standard InChI is InChI=1S/C29H38N2O/c1-6-30(7-2)25-14-10-12-23(18-25)20-27-22(5)16-17-29(32)28(27)21-24-13-11-15-26(19-24)31(8-3)9-4/h10-15,18-22H,6-9,16-17H2,1-5H3/b27-20+,28-21+. The van der Waals surface area contributed by atoms with Gasteiger partial charge in [-0.2, -0.15) is 0 Å². The zero-order valence-electron chi connectivity index (χ0n) is 20.4. The highest BCUT2D eigenvalue weighted by Crippen LogP contribution is 2.35. The molecular formula is C29H38N2O. The molecule has 1 fully saturated rings. The number of nitrogens with zero attached hydrogens (tertiary/aromatic N) is 2. The van der Waals surface area contributed by atoms with Gasteiger partial charge in [0, 0.05) is 49.5 Å². The van der Waals surface area contributed by atoms with Crippen LogP contribution in [0.25, 0.3) is 12.2 Å². The van der Waals surface area contributed by atoms with Crippen molar-refractivity contribution in [3.63, 3.8) is 0 Å². The summed E-state index contributed by atoms with van der Waals surface area (Å²) in [5.41, 5.74) is 6.72. The summed E-state index contributed by atoms with van der Waals surface area (Å²) in [5.74, 6) is 0.615. The molecule has 0 spiro atoms. The smallest absolute Gasteiger partial charge is 0.163 e. The fourth-order valence-corrected chi connectivity index (χ4v) is 4.59. The molecule has 0 aromatic heterocycles. The summed E-state index contributed by atoms with van der Waals surface area (Å²) < 4.78 is 0. The van der Waals surface area contributed by atoms with Crippen molar-refractivity contribution in [1.82, 2.24) is 0 Å². The molecular weight excluding hydrogens is 392 g/mol. The van der Waals surface area contributed by atoms with E-state index in [0.29, 0.717) is 12.3 Å². The number of rotatable bonds is 8. The van der Waals surface area contributed by atoms with Crippen LogP contribution in [0.5, 0.6) is 0 Å². The molecule has 0 amide bonds. The van der Waals surface area contributed by atoms with Crippen molar-refractivity contribution in [3.05, 3.63) is 70.8 Å². The van der Waals surface area contributed by atoms with Gasteiger partial charge >= 0.3 is 0 Å². The maximum atomic E-state index is 13.0. The topological polar surface area (TPSA) is 23.6 Å². The molecule has 170 valence electrons. The molecule has 0 heterocycles. The molecule has 3 nitrogen and oxygen atoms in total. The van der Waals surface area contributed by atoms with E-state index in [1.807, 2.05) is 0 Å². The summed E-state index contributed by atoms with van der Waals surface area (Å²) in [5, 5.41) is 0. The van der Waals surface area contributed by atoms with Gasteiger partial charge < -0.3 is 9.80 Å². The SMILES string of the molecule is CCN(CC)c1cccc(/C=C2/C(=O)CCC(C)/C2=C\c2cccc(N(CC)CC)c2)c1. The third-order valence-corrected chi connectivity index (χ3v) is 6.58. The van der Waals surface area contributed by atoms with Crippen molar-refractivity contribution < 1.29 is 4.79 Å². The molecule has 1 aliphatic carbocycles. The molecule has 1 saturated carbocycles. The van der Waals surface area contributed by atoms with Gasteiger partial charge in [0.2, 0.25) is 0 Å². The molecule has 1 atom stereocenters. The summed E-state index contributed by atoms with van der Waals surface area (Å²) >= 11 is 0. The predicted molar refractivity (Wildman–Crippen MR) is 139 cm³/mol. The van der Waals surface area contributed by atoms with Crippen LogP contribution in [0.15, 0.2) is 59.7 Å². The van der Waals surface area contributed by atoms with E-state index in [0.717, 1.165) is 54.9 Å². The van der Waals surface area contributed by atoms with Gasteiger partial charge in [-0.3, -0.25) is 4.79 Å². The van der Waals surface area contributed by atoms with E-state index in [4.69, 9.17) is 0 Å². The van der Waals surface area contributed by atoms with E-state index in [1.54, 1.807) is 0 Å². The Morgan fingerprint density at radius 3 is 1.81 bits per heavy atom. The maximum Gasteiger partial charge on any atom is 0.163 e. The van der Waals surface area contributed by atoms with Crippen molar-refractivity contribution in [2.24, 2.45) is 5.92 Å². The first-order chi connectivity index (χ1) is 15.5. The van der Waals surface area contributed by atoms with Crippen LogP contribution in [-0.4, -0.2) is 32.0 Å². The van der Waals surface area contributed by atoms with Crippen LogP contribution in [0.4, 0.5) is 11.4 Å². The normalized spacial score (nSPS) is 18.9. The Morgan fingerprint density at radius 2 is 1.31 bits per heavy atom. The fraction of sp³-hybridized carbons (Fsp3) is 0.414. The van der Waals surface area contributed by atoms with Gasteiger partial charge in [0.05, 0.1) is 0 Å². The van der Waals surface area contributed by atoms with E-state index in [2.05, 4.69) is 105 Å². The van der Waals surface area contributed by atoms with Crippen LogP contribution in [0.2, 0.25) is 0 Å². The highest BCUT2D eigenvalue weighted by molar-refractivity contribution is 6.06.